The SMILES string of the molecule is COc1ccccc1Cn1c(CN2CCN(CCc3ccc4c(c3)OCO4)CC2)nc2ccccc21. The molecule has 0 atom stereocenters. The molecular formula is C29H32N4O3. The maximum absolute atomic E-state index is 5.62. The van der Waals surface area contributed by atoms with Gasteiger partial charge >= 0.3 is 0 Å². The van der Waals surface area contributed by atoms with Crippen molar-refractivity contribution in [1.29, 1.82) is 0 Å². The fourth-order valence-corrected chi connectivity index (χ4v) is 5.18. The minimum Gasteiger partial charge on any atom is -0.496 e. The lowest BCUT2D eigenvalue weighted by Crippen LogP contribution is -2.46. The number of aromatic nitrogens is 2. The molecule has 0 saturated carbocycles. The molecule has 4 aromatic rings. The molecule has 0 amide bonds. The summed E-state index contributed by atoms with van der Waals surface area (Å²) in [5.74, 6) is 3.74. The van der Waals surface area contributed by atoms with Crippen molar-refractivity contribution in [3.05, 3.63) is 83.7 Å². The first-order valence-corrected chi connectivity index (χ1v) is 12.7. The van der Waals surface area contributed by atoms with E-state index < -0.39 is 0 Å². The molecule has 6 rings (SSSR count). The van der Waals surface area contributed by atoms with Gasteiger partial charge in [-0.25, -0.2) is 4.98 Å². The van der Waals surface area contributed by atoms with E-state index in [1.165, 1.54) is 11.1 Å². The van der Waals surface area contributed by atoms with Crippen LogP contribution in [0.15, 0.2) is 66.7 Å². The number of hydrogen-bond donors (Lipinski definition) is 0. The molecule has 0 unspecified atom stereocenters. The Balaban J connectivity index is 1.10. The Labute approximate surface area is 211 Å². The summed E-state index contributed by atoms with van der Waals surface area (Å²) in [6.45, 7) is 7.19. The molecule has 1 fully saturated rings. The van der Waals surface area contributed by atoms with Crippen LogP contribution in [-0.2, 0) is 19.5 Å². The van der Waals surface area contributed by atoms with Gasteiger partial charge < -0.3 is 23.7 Å². The Bertz CT molecular complexity index is 1340. The van der Waals surface area contributed by atoms with Crippen molar-refractivity contribution in [2.75, 3.05) is 46.6 Å². The molecule has 2 aliphatic rings. The highest BCUT2D eigenvalue weighted by Crippen LogP contribution is 2.32. The average Bonchev–Trinajstić information content (AvgIpc) is 3.53. The summed E-state index contributed by atoms with van der Waals surface area (Å²) in [5, 5.41) is 0. The number of rotatable bonds is 8. The Kier molecular flexibility index (Phi) is 6.49. The number of imidazole rings is 1. The fraction of sp³-hybridized carbons (Fsp3) is 0.345. The first kappa shape index (κ1) is 22.9. The third-order valence-corrected chi connectivity index (χ3v) is 7.24. The van der Waals surface area contributed by atoms with Crippen molar-refractivity contribution in [3.8, 4) is 17.2 Å². The van der Waals surface area contributed by atoms with Gasteiger partial charge in [0.1, 0.15) is 11.6 Å². The van der Waals surface area contributed by atoms with Crippen molar-refractivity contribution in [2.45, 2.75) is 19.5 Å². The number of piperazine rings is 1. The van der Waals surface area contributed by atoms with Crippen LogP contribution in [0.4, 0.5) is 0 Å². The maximum Gasteiger partial charge on any atom is 0.231 e. The summed E-state index contributed by atoms with van der Waals surface area (Å²) < 4.78 is 18.9. The largest absolute Gasteiger partial charge is 0.496 e. The van der Waals surface area contributed by atoms with Gasteiger partial charge in [0.25, 0.3) is 0 Å². The van der Waals surface area contributed by atoms with Gasteiger partial charge in [-0.05, 0) is 42.3 Å². The number of para-hydroxylation sites is 3. The highest BCUT2D eigenvalue weighted by molar-refractivity contribution is 5.76. The highest BCUT2D eigenvalue weighted by Gasteiger charge is 2.21. The molecule has 3 heterocycles. The number of methoxy groups -OCH3 is 1. The molecule has 1 saturated heterocycles. The monoisotopic (exact) mass is 484 g/mol. The summed E-state index contributed by atoms with van der Waals surface area (Å²) in [7, 11) is 1.73. The lowest BCUT2D eigenvalue weighted by molar-refractivity contribution is 0.125. The molecule has 0 radical (unpaired) electrons. The number of hydrogen-bond acceptors (Lipinski definition) is 6. The van der Waals surface area contributed by atoms with E-state index in [1.807, 2.05) is 18.2 Å². The van der Waals surface area contributed by atoms with Gasteiger partial charge in [0.2, 0.25) is 6.79 Å². The number of benzene rings is 3. The second-order valence-corrected chi connectivity index (χ2v) is 9.47. The summed E-state index contributed by atoms with van der Waals surface area (Å²) >= 11 is 0. The first-order chi connectivity index (χ1) is 17.8. The summed E-state index contributed by atoms with van der Waals surface area (Å²) in [6.07, 6.45) is 1.02. The smallest absolute Gasteiger partial charge is 0.231 e. The van der Waals surface area contributed by atoms with Crippen molar-refractivity contribution >= 4 is 11.0 Å². The third kappa shape index (κ3) is 4.76. The van der Waals surface area contributed by atoms with Crippen LogP contribution in [0, 0.1) is 0 Å². The van der Waals surface area contributed by atoms with E-state index in [0.29, 0.717) is 6.79 Å². The molecule has 7 heteroatoms. The second kappa shape index (κ2) is 10.2. The van der Waals surface area contributed by atoms with Crippen LogP contribution in [0.1, 0.15) is 17.0 Å². The zero-order valence-electron chi connectivity index (χ0n) is 20.7. The van der Waals surface area contributed by atoms with Crippen LogP contribution < -0.4 is 14.2 Å². The van der Waals surface area contributed by atoms with E-state index in [9.17, 15) is 0 Å². The van der Waals surface area contributed by atoms with Crippen LogP contribution in [0.3, 0.4) is 0 Å². The van der Waals surface area contributed by atoms with E-state index in [4.69, 9.17) is 19.2 Å². The zero-order valence-corrected chi connectivity index (χ0v) is 20.7. The average molecular weight is 485 g/mol. The van der Waals surface area contributed by atoms with Gasteiger partial charge in [0.15, 0.2) is 11.5 Å². The lowest BCUT2D eigenvalue weighted by atomic mass is 10.1. The number of fused-ring (bicyclic) bond motifs is 2. The minimum atomic E-state index is 0.327. The van der Waals surface area contributed by atoms with E-state index in [-0.39, 0.29) is 0 Å². The quantitative estimate of drug-likeness (QED) is 0.374. The predicted octanol–water partition coefficient (Wildman–Crippen LogP) is 4.18. The van der Waals surface area contributed by atoms with Gasteiger partial charge in [-0.1, -0.05) is 36.4 Å². The molecule has 2 aliphatic heterocycles. The molecule has 0 N–H and O–H groups in total. The van der Waals surface area contributed by atoms with Gasteiger partial charge in [-0.15, -0.1) is 0 Å². The van der Waals surface area contributed by atoms with Crippen LogP contribution in [0.25, 0.3) is 11.0 Å². The molecule has 0 spiro atoms. The molecular weight excluding hydrogens is 452 g/mol. The Morgan fingerprint density at radius 2 is 1.61 bits per heavy atom. The lowest BCUT2D eigenvalue weighted by Gasteiger charge is -2.34. The Hall–Kier alpha value is -3.55. The second-order valence-electron chi connectivity index (χ2n) is 9.47. The van der Waals surface area contributed by atoms with E-state index in [0.717, 1.165) is 86.4 Å². The molecule has 1 aromatic heterocycles. The van der Waals surface area contributed by atoms with Gasteiger partial charge in [-0.2, -0.15) is 0 Å². The number of ether oxygens (including phenoxy) is 3. The van der Waals surface area contributed by atoms with Gasteiger partial charge in [0.05, 0.1) is 31.2 Å². The molecule has 186 valence electrons. The van der Waals surface area contributed by atoms with Crippen molar-refractivity contribution in [1.82, 2.24) is 19.4 Å². The zero-order chi connectivity index (χ0) is 24.3. The fourth-order valence-electron chi connectivity index (χ4n) is 5.18. The number of nitrogens with zero attached hydrogens (tertiary/aromatic N) is 4. The van der Waals surface area contributed by atoms with Gasteiger partial charge in [-0.3, -0.25) is 4.90 Å². The Morgan fingerprint density at radius 1 is 0.833 bits per heavy atom. The van der Waals surface area contributed by atoms with Crippen molar-refractivity contribution in [3.63, 3.8) is 0 Å². The van der Waals surface area contributed by atoms with Crippen molar-refractivity contribution in [2.24, 2.45) is 0 Å². The Morgan fingerprint density at radius 3 is 2.50 bits per heavy atom. The molecule has 7 nitrogen and oxygen atoms in total. The normalized spacial score (nSPS) is 16.0. The molecule has 0 bridgehead atoms. The van der Waals surface area contributed by atoms with E-state index in [1.54, 1.807) is 7.11 Å². The van der Waals surface area contributed by atoms with Crippen molar-refractivity contribution < 1.29 is 14.2 Å². The van der Waals surface area contributed by atoms with E-state index in [2.05, 4.69) is 62.9 Å². The molecule has 3 aromatic carbocycles. The summed E-state index contributed by atoms with van der Waals surface area (Å²) in [6, 6.07) is 22.9. The highest BCUT2D eigenvalue weighted by atomic mass is 16.7. The topological polar surface area (TPSA) is 52.0 Å². The standard InChI is InChI=1S/C29H32N4O3/c1-34-26-9-5-2-6-23(26)19-33-25-8-4-3-7-24(25)30-29(33)20-32-16-14-31(15-17-32)13-12-22-10-11-27-28(18-22)36-21-35-27/h2-11,18H,12-17,19-21H2,1H3. The van der Waals surface area contributed by atoms with Crippen LogP contribution in [-0.4, -0.2) is 66.0 Å². The maximum atomic E-state index is 5.62. The molecule has 0 aliphatic carbocycles. The van der Waals surface area contributed by atoms with E-state index >= 15 is 0 Å². The minimum absolute atomic E-state index is 0.327. The van der Waals surface area contributed by atoms with Crippen LogP contribution >= 0.6 is 0 Å². The third-order valence-electron chi connectivity index (χ3n) is 7.24. The summed E-state index contributed by atoms with van der Waals surface area (Å²) in [5.41, 5.74) is 4.68. The predicted molar refractivity (Wildman–Crippen MR) is 140 cm³/mol. The van der Waals surface area contributed by atoms with Crippen LogP contribution in [0.5, 0.6) is 17.2 Å². The van der Waals surface area contributed by atoms with Gasteiger partial charge in [0, 0.05) is 38.3 Å². The molecule has 36 heavy (non-hydrogen) atoms. The van der Waals surface area contributed by atoms with Crippen LogP contribution in [0.2, 0.25) is 0 Å². The summed E-state index contributed by atoms with van der Waals surface area (Å²) in [4.78, 5) is 10.1. The first-order valence-electron chi connectivity index (χ1n) is 12.7.